The van der Waals surface area contributed by atoms with E-state index in [9.17, 15) is 0 Å². The molecule has 18 heavy (non-hydrogen) atoms. The molecule has 1 aromatic heterocycles. The summed E-state index contributed by atoms with van der Waals surface area (Å²) in [6.45, 7) is 12.5. The SMILES string of the molecule is CCNc1nc(OC(C)C)nc(N(CC)CC)n1. The number of hydrogen-bond donors (Lipinski definition) is 1. The molecule has 0 unspecified atom stereocenters. The van der Waals surface area contributed by atoms with Crippen LogP contribution in [0.3, 0.4) is 0 Å². The van der Waals surface area contributed by atoms with Crippen LogP contribution >= 0.6 is 0 Å². The third kappa shape index (κ3) is 4.01. The minimum absolute atomic E-state index is 0.0476. The highest BCUT2D eigenvalue weighted by Crippen LogP contribution is 2.15. The van der Waals surface area contributed by atoms with Gasteiger partial charge >= 0.3 is 6.01 Å². The number of aromatic nitrogens is 3. The molecule has 6 heteroatoms. The Hall–Kier alpha value is -1.59. The Morgan fingerprint density at radius 1 is 1.11 bits per heavy atom. The first-order chi connectivity index (χ1) is 8.60. The lowest BCUT2D eigenvalue weighted by Crippen LogP contribution is -2.25. The summed E-state index contributed by atoms with van der Waals surface area (Å²) in [5, 5.41) is 3.10. The van der Waals surface area contributed by atoms with Gasteiger partial charge in [0.1, 0.15) is 0 Å². The normalized spacial score (nSPS) is 10.6. The Labute approximate surface area is 109 Å². The number of ether oxygens (including phenoxy) is 1. The summed E-state index contributed by atoms with van der Waals surface area (Å²) in [6, 6.07) is 0.373. The van der Waals surface area contributed by atoms with E-state index in [4.69, 9.17) is 4.74 Å². The van der Waals surface area contributed by atoms with Crippen molar-refractivity contribution in [1.29, 1.82) is 0 Å². The summed E-state index contributed by atoms with van der Waals surface area (Å²) in [5.74, 6) is 1.21. The molecule has 0 aliphatic rings. The maximum absolute atomic E-state index is 5.55. The van der Waals surface area contributed by atoms with E-state index in [1.165, 1.54) is 0 Å². The number of anilines is 2. The van der Waals surface area contributed by atoms with Crippen LogP contribution < -0.4 is 15.0 Å². The van der Waals surface area contributed by atoms with E-state index < -0.39 is 0 Å². The van der Waals surface area contributed by atoms with Gasteiger partial charge in [0.15, 0.2) is 0 Å². The molecule has 1 N–H and O–H groups in total. The third-order valence-corrected chi connectivity index (χ3v) is 2.33. The van der Waals surface area contributed by atoms with Crippen molar-refractivity contribution < 1.29 is 4.74 Å². The summed E-state index contributed by atoms with van der Waals surface area (Å²) in [7, 11) is 0. The van der Waals surface area contributed by atoms with Crippen LogP contribution in [0.1, 0.15) is 34.6 Å². The summed E-state index contributed by atoms with van der Waals surface area (Å²) in [5.41, 5.74) is 0. The van der Waals surface area contributed by atoms with Gasteiger partial charge in [-0.3, -0.25) is 0 Å². The Bertz CT molecular complexity index is 365. The lowest BCUT2D eigenvalue weighted by atomic mass is 10.5. The van der Waals surface area contributed by atoms with Gasteiger partial charge < -0.3 is 15.0 Å². The van der Waals surface area contributed by atoms with Crippen LogP contribution in [0.25, 0.3) is 0 Å². The molecule has 0 spiro atoms. The number of nitrogens with zero attached hydrogens (tertiary/aromatic N) is 4. The van der Waals surface area contributed by atoms with Gasteiger partial charge in [0.25, 0.3) is 0 Å². The minimum Gasteiger partial charge on any atom is -0.461 e. The average molecular weight is 253 g/mol. The molecule has 0 aliphatic heterocycles. The van der Waals surface area contributed by atoms with Gasteiger partial charge in [0.05, 0.1) is 6.10 Å². The minimum atomic E-state index is 0.0476. The van der Waals surface area contributed by atoms with Crippen molar-refractivity contribution >= 4 is 11.9 Å². The molecule has 102 valence electrons. The van der Waals surface area contributed by atoms with Crippen LogP contribution in [0.2, 0.25) is 0 Å². The highest BCUT2D eigenvalue weighted by molar-refractivity contribution is 5.38. The topological polar surface area (TPSA) is 63.2 Å². The van der Waals surface area contributed by atoms with Crippen molar-refractivity contribution in [1.82, 2.24) is 15.0 Å². The molecule has 1 heterocycles. The molecular formula is C12H23N5O. The maximum Gasteiger partial charge on any atom is 0.323 e. The molecule has 0 radical (unpaired) electrons. The molecule has 0 amide bonds. The quantitative estimate of drug-likeness (QED) is 0.801. The Morgan fingerprint density at radius 2 is 1.78 bits per heavy atom. The predicted octanol–water partition coefficient (Wildman–Crippen LogP) is 1.94. The fraction of sp³-hybridized carbons (Fsp3) is 0.750. The van der Waals surface area contributed by atoms with Crippen molar-refractivity contribution in [3.8, 4) is 6.01 Å². The third-order valence-electron chi connectivity index (χ3n) is 2.33. The zero-order valence-corrected chi connectivity index (χ0v) is 11.9. The highest BCUT2D eigenvalue weighted by Gasteiger charge is 2.12. The highest BCUT2D eigenvalue weighted by atomic mass is 16.5. The van der Waals surface area contributed by atoms with Crippen LogP contribution in [-0.2, 0) is 0 Å². The first-order valence-corrected chi connectivity index (χ1v) is 6.52. The largest absolute Gasteiger partial charge is 0.461 e. The van der Waals surface area contributed by atoms with E-state index in [2.05, 4.69) is 39.0 Å². The number of hydrogen-bond acceptors (Lipinski definition) is 6. The second-order valence-corrected chi connectivity index (χ2v) is 4.11. The number of nitrogens with one attached hydrogen (secondary N) is 1. The van der Waals surface area contributed by atoms with Crippen molar-refractivity contribution in [2.75, 3.05) is 29.9 Å². The van der Waals surface area contributed by atoms with E-state index >= 15 is 0 Å². The van der Waals surface area contributed by atoms with E-state index in [1.807, 2.05) is 20.8 Å². The molecule has 0 aliphatic carbocycles. The van der Waals surface area contributed by atoms with Crippen molar-refractivity contribution in [2.45, 2.75) is 40.7 Å². The predicted molar refractivity (Wildman–Crippen MR) is 73.3 cm³/mol. The Morgan fingerprint density at radius 3 is 2.28 bits per heavy atom. The standard InChI is InChI=1S/C12H23N5O/c1-6-13-10-14-11(17(7-2)8-3)16-12(15-10)18-9(4)5/h9H,6-8H2,1-5H3,(H,13,14,15,16). The molecule has 1 rings (SSSR count). The van der Waals surface area contributed by atoms with E-state index in [0.717, 1.165) is 19.6 Å². The zero-order valence-electron chi connectivity index (χ0n) is 11.9. The molecule has 1 aromatic rings. The van der Waals surface area contributed by atoms with Crippen LogP contribution in [0, 0.1) is 0 Å². The fourth-order valence-corrected chi connectivity index (χ4v) is 1.49. The summed E-state index contributed by atoms with van der Waals surface area (Å²) >= 11 is 0. The van der Waals surface area contributed by atoms with Gasteiger partial charge in [0.2, 0.25) is 11.9 Å². The zero-order chi connectivity index (χ0) is 13.5. The van der Waals surface area contributed by atoms with Crippen molar-refractivity contribution in [3.63, 3.8) is 0 Å². The van der Waals surface area contributed by atoms with E-state index in [1.54, 1.807) is 0 Å². The summed E-state index contributed by atoms with van der Waals surface area (Å²) in [4.78, 5) is 15.0. The molecule has 0 bridgehead atoms. The first-order valence-electron chi connectivity index (χ1n) is 6.52. The van der Waals surface area contributed by atoms with Crippen LogP contribution in [-0.4, -0.2) is 40.7 Å². The van der Waals surface area contributed by atoms with Crippen LogP contribution in [0.5, 0.6) is 6.01 Å². The molecule has 0 atom stereocenters. The van der Waals surface area contributed by atoms with Crippen molar-refractivity contribution in [3.05, 3.63) is 0 Å². The molecule has 0 fully saturated rings. The molecule has 0 saturated heterocycles. The molecule has 0 aromatic carbocycles. The smallest absolute Gasteiger partial charge is 0.323 e. The average Bonchev–Trinajstić information content (AvgIpc) is 2.30. The second-order valence-electron chi connectivity index (χ2n) is 4.11. The lowest BCUT2D eigenvalue weighted by Gasteiger charge is -2.19. The van der Waals surface area contributed by atoms with Crippen molar-refractivity contribution in [2.24, 2.45) is 0 Å². The van der Waals surface area contributed by atoms with Gasteiger partial charge in [-0.1, -0.05) is 0 Å². The summed E-state index contributed by atoms with van der Waals surface area (Å²) in [6.07, 6.45) is 0.0476. The van der Waals surface area contributed by atoms with Crippen LogP contribution in [0.15, 0.2) is 0 Å². The van der Waals surface area contributed by atoms with E-state index in [0.29, 0.717) is 17.9 Å². The monoisotopic (exact) mass is 253 g/mol. The lowest BCUT2D eigenvalue weighted by molar-refractivity contribution is 0.222. The van der Waals surface area contributed by atoms with Gasteiger partial charge in [0, 0.05) is 19.6 Å². The second kappa shape index (κ2) is 6.98. The van der Waals surface area contributed by atoms with Gasteiger partial charge in [-0.15, -0.1) is 0 Å². The molecule has 6 nitrogen and oxygen atoms in total. The van der Waals surface area contributed by atoms with Gasteiger partial charge in [-0.2, -0.15) is 15.0 Å². The van der Waals surface area contributed by atoms with E-state index in [-0.39, 0.29) is 6.10 Å². The Kier molecular flexibility index (Phi) is 5.61. The molecular weight excluding hydrogens is 230 g/mol. The summed E-state index contributed by atoms with van der Waals surface area (Å²) < 4.78 is 5.55. The maximum atomic E-state index is 5.55. The first kappa shape index (κ1) is 14.5. The van der Waals surface area contributed by atoms with Gasteiger partial charge in [-0.05, 0) is 34.6 Å². The van der Waals surface area contributed by atoms with Crippen LogP contribution in [0.4, 0.5) is 11.9 Å². The number of rotatable bonds is 7. The molecule has 0 saturated carbocycles. The van der Waals surface area contributed by atoms with Gasteiger partial charge in [-0.25, -0.2) is 0 Å². The Balaban J connectivity index is 3.04. The fourth-order valence-electron chi connectivity index (χ4n) is 1.49.